The van der Waals surface area contributed by atoms with E-state index in [1.54, 1.807) is 50.6 Å². The molecule has 3 aliphatic heterocycles. The molecule has 0 spiro atoms. The molecular formula is C30H32N4O5. The summed E-state index contributed by atoms with van der Waals surface area (Å²) in [6.07, 6.45) is 1.73. The Bertz CT molecular complexity index is 1480. The monoisotopic (exact) mass is 528 g/mol. The van der Waals surface area contributed by atoms with Gasteiger partial charge < -0.3 is 29.2 Å². The number of aromatic nitrogens is 1. The third kappa shape index (κ3) is 4.73. The van der Waals surface area contributed by atoms with Crippen LogP contribution in [0.5, 0.6) is 11.5 Å². The molecule has 3 aromatic rings. The van der Waals surface area contributed by atoms with E-state index in [1.165, 1.54) is 0 Å². The van der Waals surface area contributed by atoms with Crippen LogP contribution >= 0.6 is 0 Å². The van der Waals surface area contributed by atoms with E-state index >= 15 is 0 Å². The van der Waals surface area contributed by atoms with Crippen molar-refractivity contribution in [3.05, 3.63) is 87.3 Å². The number of amides is 3. The minimum atomic E-state index is -0.160. The summed E-state index contributed by atoms with van der Waals surface area (Å²) in [6.45, 7) is 2.96. The Morgan fingerprint density at radius 2 is 1.64 bits per heavy atom. The van der Waals surface area contributed by atoms with E-state index in [4.69, 9.17) is 9.47 Å². The zero-order valence-corrected chi connectivity index (χ0v) is 22.2. The Balaban J connectivity index is 1.10. The highest BCUT2D eigenvalue weighted by molar-refractivity contribution is 5.95. The Hall–Kier alpha value is -4.27. The van der Waals surface area contributed by atoms with Crippen molar-refractivity contribution in [3.63, 3.8) is 0 Å². The fraction of sp³-hybridized carbons (Fsp3) is 0.367. The molecule has 4 heterocycles. The number of ether oxygens (including phenoxy) is 2. The van der Waals surface area contributed by atoms with Crippen LogP contribution < -0.4 is 20.3 Å². The maximum Gasteiger partial charge on any atom is 0.321 e. The van der Waals surface area contributed by atoms with Crippen molar-refractivity contribution in [3.8, 4) is 11.5 Å². The summed E-state index contributed by atoms with van der Waals surface area (Å²) >= 11 is 0. The molecule has 1 saturated heterocycles. The van der Waals surface area contributed by atoms with Gasteiger partial charge in [0.25, 0.3) is 11.5 Å². The van der Waals surface area contributed by atoms with Gasteiger partial charge >= 0.3 is 6.03 Å². The normalized spacial score (nSPS) is 19.5. The molecule has 0 radical (unpaired) electrons. The number of fused-ring (bicyclic) bond motifs is 5. The number of urea groups is 1. The Morgan fingerprint density at radius 3 is 2.38 bits per heavy atom. The summed E-state index contributed by atoms with van der Waals surface area (Å²) in [6, 6.07) is 16.2. The summed E-state index contributed by atoms with van der Waals surface area (Å²) in [5, 5.41) is 2.99. The van der Waals surface area contributed by atoms with Crippen molar-refractivity contribution in [1.82, 2.24) is 14.4 Å². The topological polar surface area (TPSA) is 93.1 Å². The summed E-state index contributed by atoms with van der Waals surface area (Å²) < 4.78 is 12.7. The highest BCUT2D eigenvalue weighted by Crippen LogP contribution is 2.36. The molecule has 2 bridgehead atoms. The van der Waals surface area contributed by atoms with Crippen LogP contribution in [-0.2, 0) is 19.5 Å². The molecule has 3 amide bonds. The van der Waals surface area contributed by atoms with Crippen molar-refractivity contribution in [2.24, 2.45) is 5.92 Å². The van der Waals surface area contributed by atoms with Gasteiger partial charge in [0.1, 0.15) is 0 Å². The van der Waals surface area contributed by atoms with Crippen molar-refractivity contribution in [2.75, 3.05) is 39.2 Å². The van der Waals surface area contributed by atoms with E-state index < -0.39 is 0 Å². The van der Waals surface area contributed by atoms with Gasteiger partial charge in [0.15, 0.2) is 11.5 Å². The number of hydrogen-bond donors (Lipinski definition) is 1. The number of carbonyl (C=O) groups is 2. The van der Waals surface area contributed by atoms with Gasteiger partial charge in [-0.15, -0.1) is 0 Å². The third-order valence-corrected chi connectivity index (χ3v) is 8.16. The zero-order chi connectivity index (χ0) is 27.1. The number of anilines is 1. The average Bonchev–Trinajstić information content (AvgIpc) is 2.96. The van der Waals surface area contributed by atoms with E-state index in [2.05, 4.69) is 5.32 Å². The second kappa shape index (κ2) is 10.1. The van der Waals surface area contributed by atoms with E-state index in [-0.39, 0.29) is 29.3 Å². The first-order valence-electron chi connectivity index (χ1n) is 13.3. The van der Waals surface area contributed by atoms with Gasteiger partial charge in [-0.1, -0.05) is 6.07 Å². The standard InChI is InChI=1S/C30H32N4O5/c1-38-26-13-21-10-11-32(17-22(21)14-27(26)39-2)29(36)20-6-8-24(9-7-20)31-30(37)33-15-19-12-23(18-33)25-4-3-5-28(35)34(25)16-19/h3-9,13-14,19,23H,10-12,15-18H2,1-2H3,(H,31,37)/t19-,23-/m0/s1. The first-order chi connectivity index (χ1) is 18.9. The lowest BCUT2D eigenvalue weighted by molar-refractivity contribution is 0.0734. The van der Waals surface area contributed by atoms with Crippen molar-refractivity contribution in [1.29, 1.82) is 0 Å². The van der Waals surface area contributed by atoms with Gasteiger partial charge in [0.05, 0.1) is 14.2 Å². The second-order valence-corrected chi connectivity index (χ2v) is 10.6. The van der Waals surface area contributed by atoms with Crippen molar-refractivity contribution >= 4 is 17.6 Å². The highest BCUT2D eigenvalue weighted by Gasteiger charge is 2.36. The number of nitrogens with one attached hydrogen (secondary N) is 1. The lowest BCUT2D eigenvalue weighted by atomic mass is 9.83. The van der Waals surface area contributed by atoms with Gasteiger partial charge in [-0.05, 0) is 72.4 Å². The van der Waals surface area contributed by atoms with Gasteiger partial charge in [-0.25, -0.2) is 4.79 Å². The molecule has 0 aliphatic carbocycles. The van der Waals surface area contributed by atoms with Crippen LogP contribution in [0.1, 0.15) is 39.5 Å². The van der Waals surface area contributed by atoms with Gasteiger partial charge in [-0.2, -0.15) is 0 Å². The van der Waals surface area contributed by atoms with Crippen LogP contribution in [0.2, 0.25) is 0 Å². The largest absolute Gasteiger partial charge is 0.493 e. The van der Waals surface area contributed by atoms with Crippen LogP contribution in [0, 0.1) is 5.92 Å². The Kier molecular flexibility index (Phi) is 6.50. The Labute approximate surface area is 226 Å². The molecule has 202 valence electrons. The van der Waals surface area contributed by atoms with E-state index in [0.29, 0.717) is 55.5 Å². The first-order valence-corrected chi connectivity index (χ1v) is 13.3. The number of carbonyl (C=O) groups excluding carboxylic acids is 2. The minimum Gasteiger partial charge on any atom is -0.493 e. The molecule has 1 N–H and O–H groups in total. The molecule has 1 fully saturated rings. The summed E-state index contributed by atoms with van der Waals surface area (Å²) in [5.41, 5.74) is 4.47. The van der Waals surface area contributed by atoms with Crippen LogP contribution in [0.25, 0.3) is 0 Å². The molecule has 9 heteroatoms. The summed E-state index contributed by atoms with van der Waals surface area (Å²) in [5.74, 6) is 1.72. The van der Waals surface area contributed by atoms with Crippen molar-refractivity contribution in [2.45, 2.75) is 31.8 Å². The van der Waals surface area contributed by atoms with Crippen LogP contribution in [0.3, 0.4) is 0 Å². The number of likely N-dealkylation sites (tertiary alicyclic amines) is 1. The van der Waals surface area contributed by atoms with Crippen LogP contribution in [0.4, 0.5) is 10.5 Å². The number of piperidine rings is 1. The molecule has 1 aromatic heterocycles. The van der Waals surface area contributed by atoms with Crippen LogP contribution in [-0.4, -0.2) is 60.2 Å². The molecule has 3 aliphatic rings. The Morgan fingerprint density at radius 1 is 0.897 bits per heavy atom. The number of pyridine rings is 1. The van der Waals surface area contributed by atoms with Crippen molar-refractivity contribution < 1.29 is 19.1 Å². The number of methoxy groups -OCH3 is 2. The quantitative estimate of drug-likeness (QED) is 0.557. The SMILES string of the molecule is COc1cc2c(cc1OC)CN(C(=O)c1ccc(NC(=O)N3C[C@@H]4C[C@@H](C3)c3cccc(=O)n3C4)cc1)CC2. The lowest BCUT2D eigenvalue weighted by Crippen LogP contribution is -2.50. The van der Waals surface area contributed by atoms with Gasteiger partial charge in [-0.3, -0.25) is 9.59 Å². The molecule has 0 saturated carbocycles. The maximum atomic E-state index is 13.3. The molecule has 9 nitrogen and oxygen atoms in total. The van der Waals surface area contributed by atoms with Crippen LogP contribution in [0.15, 0.2) is 59.4 Å². The van der Waals surface area contributed by atoms with E-state index in [0.717, 1.165) is 29.7 Å². The number of rotatable bonds is 4. The molecule has 6 rings (SSSR count). The predicted molar refractivity (Wildman–Crippen MR) is 147 cm³/mol. The third-order valence-electron chi connectivity index (χ3n) is 8.16. The number of benzene rings is 2. The summed E-state index contributed by atoms with van der Waals surface area (Å²) in [7, 11) is 3.23. The number of nitrogens with zero attached hydrogens (tertiary/aromatic N) is 3. The lowest BCUT2D eigenvalue weighted by Gasteiger charge is -2.42. The average molecular weight is 529 g/mol. The minimum absolute atomic E-state index is 0.0310. The molecule has 2 atom stereocenters. The summed E-state index contributed by atoms with van der Waals surface area (Å²) in [4.78, 5) is 42.3. The fourth-order valence-electron chi connectivity index (χ4n) is 6.20. The van der Waals surface area contributed by atoms with Gasteiger partial charge in [0.2, 0.25) is 0 Å². The maximum absolute atomic E-state index is 13.3. The van der Waals surface area contributed by atoms with Gasteiger partial charge in [0, 0.05) is 61.7 Å². The van der Waals surface area contributed by atoms with E-state index in [1.807, 2.05) is 32.6 Å². The molecule has 39 heavy (non-hydrogen) atoms. The second-order valence-electron chi connectivity index (χ2n) is 10.6. The zero-order valence-electron chi connectivity index (χ0n) is 22.2. The highest BCUT2D eigenvalue weighted by atomic mass is 16.5. The molecule has 2 aromatic carbocycles. The number of hydrogen-bond acceptors (Lipinski definition) is 5. The first kappa shape index (κ1) is 25.0. The smallest absolute Gasteiger partial charge is 0.321 e. The predicted octanol–water partition coefficient (Wildman–Crippen LogP) is 3.72. The molecule has 0 unspecified atom stereocenters. The fourth-order valence-corrected chi connectivity index (χ4v) is 6.20. The van der Waals surface area contributed by atoms with E-state index in [9.17, 15) is 14.4 Å². The molecular weight excluding hydrogens is 496 g/mol.